The number of ether oxygens (including phenoxy) is 2. The molecule has 1 saturated carbocycles. The first-order valence-electron chi connectivity index (χ1n) is 9.94. The number of imide groups is 1. The fourth-order valence-corrected chi connectivity index (χ4v) is 3.97. The van der Waals surface area contributed by atoms with Crippen LogP contribution in [0.5, 0.6) is 0 Å². The third kappa shape index (κ3) is 5.62. The molecule has 8 heteroatoms. The standard InChI is InChI=1S/C21H30BrN3O4/c1-20(2,3)28-18(26)25(19(27)29-21(4,5)6)12-16-14-10-24(11-15(14)16)17-8-7-13(22)9-23-17/h7-9,14-16H,10-12H2,1-6H3/t14-,15+,16?. The lowest BCUT2D eigenvalue weighted by molar-refractivity contribution is 0.0000877. The number of hydrogen-bond acceptors (Lipinski definition) is 6. The Labute approximate surface area is 180 Å². The Morgan fingerprint density at radius 3 is 2.00 bits per heavy atom. The minimum atomic E-state index is -0.680. The molecular weight excluding hydrogens is 438 g/mol. The third-order valence-electron chi connectivity index (χ3n) is 5.03. The fourth-order valence-electron chi connectivity index (χ4n) is 3.73. The number of anilines is 1. The van der Waals surface area contributed by atoms with Crippen LogP contribution in [-0.2, 0) is 9.47 Å². The van der Waals surface area contributed by atoms with E-state index in [0.29, 0.717) is 18.4 Å². The molecule has 1 aromatic rings. The van der Waals surface area contributed by atoms with Gasteiger partial charge in [0.2, 0.25) is 0 Å². The van der Waals surface area contributed by atoms with Crippen molar-refractivity contribution >= 4 is 33.9 Å². The van der Waals surface area contributed by atoms with Crippen molar-refractivity contribution in [3.63, 3.8) is 0 Å². The Bertz CT molecular complexity index is 730. The molecule has 1 aliphatic heterocycles. The van der Waals surface area contributed by atoms with Gasteiger partial charge in [0.15, 0.2) is 0 Å². The summed E-state index contributed by atoms with van der Waals surface area (Å²) in [6.45, 7) is 12.8. The van der Waals surface area contributed by atoms with Crippen molar-refractivity contribution in [3.05, 3.63) is 22.8 Å². The molecule has 0 radical (unpaired) electrons. The molecule has 3 atom stereocenters. The van der Waals surface area contributed by atoms with Gasteiger partial charge in [-0.1, -0.05) is 0 Å². The van der Waals surface area contributed by atoms with E-state index in [-0.39, 0.29) is 5.92 Å². The Morgan fingerprint density at radius 1 is 1.07 bits per heavy atom. The zero-order valence-corrected chi connectivity index (χ0v) is 19.5. The van der Waals surface area contributed by atoms with Gasteiger partial charge in [-0.2, -0.15) is 0 Å². The van der Waals surface area contributed by atoms with Crippen LogP contribution in [0.4, 0.5) is 15.4 Å². The van der Waals surface area contributed by atoms with Gasteiger partial charge in [-0.25, -0.2) is 19.5 Å². The number of fused-ring (bicyclic) bond motifs is 1. The zero-order chi connectivity index (χ0) is 21.6. The molecule has 29 heavy (non-hydrogen) atoms. The molecule has 2 heterocycles. The van der Waals surface area contributed by atoms with E-state index in [1.165, 1.54) is 0 Å². The van der Waals surface area contributed by atoms with E-state index in [0.717, 1.165) is 28.3 Å². The van der Waals surface area contributed by atoms with Crippen LogP contribution in [0.3, 0.4) is 0 Å². The van der Waals surface area contributed by atoms with Crippen LogP contribution < -0.4 is 4.90 Å². The lowest BCUT2D eigenvalue weighted by Gasteiger charge is -2.29. The van der Waals surface area contributed by atoms with Crippen molar-refractivity contribution in [1.29, 1.82) is 0 Å². The maximum Gasteiger partial charge on any atom is 0.419 e. The smallest absolute Gasteiger partial charge is 0.419 e. The number of hydrogen-bond donors (Lipinski definition) is 0. The predicted octanol–water partition coefficient (Wildman–Crippen LogP) is 4.70. The molecular formula is C21H30BrN3O4. The summed E-state index contributed by atoms with van der Waals surface area (Å²) in [5, 5.41) is 0. The van der Waals surface area contributed by atoms with Gasteiger partial charge in [-0.15, -0.1) is 0 Å². The van der Waals surface area contributed by atoms with Crippen molar-refractivity contribution in [1.82, 2.24) is 9.88 Å². The summed E-state index contributed by atoms with van der Waals surface area (Å²) in [5.74, 6) is 2.10. The summed E-state index contributed by atoms with van der Waals surface area (Å²) in [4.78, 5) is 33.2. The van der Waals surface area contributed by atoms with Gasteiger partial charge in [0.1, 0.15) is 17.0 Å². The molecule has 3 rings (SSSR count). The van der Waals surface area contributed by atoms with Gasteiger partial charge in [-0.05, 0) is 87.4 Å². The highest BCUT2D eigenvalue weighted by Gasteiger charge is 2.57. The highest BCUT2D eigenvalue weighted by molar-refractivity contribution is 9.10. The molecule has 160 valence electrons. The normalized spacial score (nSPS) is 23.4. The third-order valence-corrected chi connectivity index (χ3v) is 5.50. The molecule has 0 N–H and O–H groups in total. The molecule has 1 aliphatic carbocycles. The van der Waals surface area contributed by atoms with Crippen molar-refractivity contribution in [2.24, 2.45) is 17.8 Å². The van der Waals surface area contributed by atoms with Crippen LogP contribution in [0, 0.1) is 17.8 Å². The van der Waals surface area contributed by atoms with Crippen LogP contribution in [0.2, 0.25) is 0 Å². The van der Waals surface area contributed by atoms with Crippen LogP contribution in [0.15, 0.2) is 22.8 Å². The first-order valence-corrected chi connectivity index (χ1v) is 10.7. The summed E-state index contributed by atoms with van der Waals surface area (Å²) >= 11 is 3.41. The summed E-state index contributed by atoms with van der Waals surface area (Å²) in [6.07, 6.45) is 0.495. The number of nitrogens with zero attached hydrogens (tertiary/aromatic N) is 3. The number of halogens is 1. The van der Waals surface area contributed by atoms with Gasteiger partial charge in [-0.3, -0.25) is 0 Å². The van der Waals surface area contributed by atoms with Crippen LogP contribution in [0.1, 0.15) is 41.5 Å². The number of amides is 2. The molecule has 2 amide bonds. The lowest BCUT2D eigenvalue weighted by Crippen LogP contribution is -2.45. The molecule has 7 nitrogen and oxygen atoms in total. The monoisotopic (exact) mass is 467 g/mol. The Balaban J connectivity index is 1.63. The van der Waals surface area contributed by atoms with E-state index in [2.05, 4.69) is 25.8 Å². The van der Waals surface area contributed by atoms with Crippen molar-refractivity contribution in [3.8, 4) is 0 Å². The molecule has 2 fully saturated rings. The average Bonchev–Trinajstić information content (AvgIpc) is 2.99. The van der Waals surface area contributed by atoms with Crippen LogP contribution in [-0.4, -0.2) is 52.9 Å². The Kier molecular flexibility index (Phi) is 5.87. The van der Waals surface area contributed by atoms with Crippen molar-refractivity contribution < 1.29 is 19.1 Å². The topological polar surface area (TPSA) is 72.0 Å². The molecule has 1 unspecified atom stereocenters. The lowest BCUT2D eigenvalue weighted by atomic mass is 10.2. The molecule has 0 bridgehead atoms. The van der Waals surface area contributed by atoms with Gasteiger partial charge in [0.05, 0.1) is 0 Å². The minimum Gasteiger partial charge on any atom is -0.443 e. The second-order valence-electron chi connectivity index (χ2n) is 9.80. The van der Waals surface area contributed by atoms with Gasteiger partial charge >= 0.3 is 12.2 Å². The largest absolute Gasteiger partial charge is 0.443 e. The number of rotatable bonds is 3. The molecule has 1 aromatic heterocycles. The summed E-state index contributed by atoms with van der Waals surface area (Å²) in [5.41, 5.74) is -1.36. The highest BCUT2D eigenvalue weighted by Crippen LogP contribution is 2.52. The van der Waals surface area contributed by atoms with E-state index in [1.807, 2.05) is 12.1 Å². The molecule has 1 saturated heterocycles. The second kappa shape index (κ2) is 7.78. The van der Waals surface area contributed by atoms with E-state index in [9.17, 15) is 9.59 Å². The van der Waals surface area contributed by atoms with Crippen LogP contribution in [0.25, 0.3) is 0 Å². The van der Waals surface area contributed by atoms with Gasteiger partial charge < -0.3 is 14.4 Å². The predicted molar refractivity (Wildman–Crippen MR) is 114 cm³/mol. The number of pyridine rings is 1. The van der Waals surface area contributed by atoms with E-state index < -0.39 is 23.4 Å². The summed E-state index contributed by atoms with van der Waals surface area (Å²) in [7, 11) is 0. The number of carbonyl (C=O) groups is 2. The first-order chi connectivity index (χ1) is 13.3. The number of piperidine rings is 1. The van der Waals surface area contributed by atoms with Crippen LogP contribution >= 0.6 is 15.9 Å². The number of carbonyl (C=O) groups excluding carboxylic acids is 2. The maximum absolute atomic E-state index is 12.7. The van der Waals surface area contributed by atoms with Crippen molar-refractivity contribution in [2.45, 2.75) is 52.7 Å². The maximum atomic E-state index is 12.7. The van der Waals surface area contributed by atoms with E-state index >= 15 is 0 Å². The van der Waals surface area contributed by atoms with E-state index in [4.69, 9.17) is 9.47 Å². The molecule has 2 aliphatic rings. The Morgan fingerprint density at radius 2 is 1.59 bits per heavy atom. The quantitative estimate of drug-likeness (QED) is 0.641. The second-order valence-corrected chi connectivity index (χ2v) is 10.7. The minimum absolute atomic E-state index is 0.265. The fraction of sp³-hybridized carbons (Fsp3) is 0.667. The zero-order valence-electron chi connectivity index (χ0n) is 17.9. The average molecular weight is 468 g/mol. The molecule has 0 aromatic carbocycles. The van der Waals surface area contributed by atoms with Gasteiger partial charge in [0, 0.05) is 30.3 Å². The first kappa shape index (κ1) is 21.9. The SMILES string of the molecule is CC(C)(C)OC(=O)N(CC1[C@H]2CN(c3ccc(Br)cn3)C[C@@H]12)C(=O)OC(C)(C)C. The summed E-state index contributed by atoms with van der Waals surface area (Å²) < 4.78 is 11.9. The number of aromatic nitrogens is 1. The van der Waals surface area contributed by atoms with Gasteiger partial charge in [0.25, 0.3) is 0 Å². The van der Waals surface area contributed by atoms with E-state index in [1.54, 1.807) is 47.7 Å². The Hall–Kier alpha value is -1.83. The summed E-state index contributed by atoms with van der Waals surface area (Å²) in [6, 6.07) is 3.98. The highest BCUT2D eigenvalue weighted by atomic mass is 79.9. The van der Waals surface area contributed by atoms with Crippen molar-refractivity contribution in [2.75, 3.05) is 24.5 Å². The molecule has 0 spiro atoms.